The average molecular weight is 324 g/mol. The van der Waals surface area contributed by atoms with Gasteiger partial charge in [0, 0.05) is 30.7 Å². The summed E-state index contributed by atoms with van der Waals surface area (Å²) in [6.45, 7) is 3.50. The van der Waals surface area contributed by atoms with Gasteiger partial charge in [0.05, 0.1) is 6.10 Å². The summed E-state index contributed by atoms with van der Waals surface area (Å²) in [6.07, 6.45) is 3.31. The second kappa shape index (κ2) is 6.09. The fourth-order valence-corrected chi connectivity index (χ4v) is 3.10. The fourth-order valence-electron chi connectivity index (χ4n) is 3.10. The molecule has 124 valence electrons. The zero-order valence-corrected chi connectivity index (χ0v) is 13.6. The van der Waals surface area contributed by atoms with E-state index < -0.39 is 0 Å². The van der Waals surface area contributed by atoms with Crippen molar-refractivity contribution in [1.82, 2.24) is 19.6 Å². The molecular formula is C17H20N6O. The Morgan fingerprint density at radius 3 is 3.04 bits per heavy atom. The van der Waals surface area contributed by atoms with Gasteiger partial charge in [0.25, 0.3) is 0 Å². The van der Waals surface area contributed by atoms with Gasteiger partial charge in [-0.15, -0.1) is 5.10 Å². The number of hydrogen-bond donors (Lipinski definition) is 2. The Morgan fingerprint density at radius 2 is 2.21 bits per heavy atom. The highest BCUT2D eigenvalue weighted by Gasteiger charge is 2.20. The Morgan fingerprint density at radius 1 is 1.29 bits per heavy atom. The molecule has 1 aliphatic rings. The quantitative estimate of drug-likeness (QED) is 0.768. The predicted molar refractivity (Wildman–Crippen MR) is 92.7 cm³/mol. The fraction of sp³-hybridized carbons (Fsp3) is 0.353. The zero-order valence-electron chi connectivity index (χ0n) is 13.6. The van der Waals surface area contributed by atoms with Crippen LogP contribution in [-0.4, -0.2) is 43.9 Å². The van der Waals surface area contributed by atoms with Crippen molar-refractivity contribution in [3.63, 3.8) is 0 Å². The lowest BCUT2D eigenvalue weighted by molar-refractivity contribution is 0.153. The van der Waals surface area contributed by atoms with Gasteiger partial charge >= 0.3 is 0 Å². The molecule has 0 saturated carbocycles. The van der Waals surface area contributed by atoms with Crippen molar-refractivity contribution in [2.75, 3.05) is 23.3 Å². The molecule has 7 heteroatoms. The van der Waals surface area contributed by atoms with Gasteiger partial charge in [-0.1, -0.05) is 6.07 Å². The SMILES string of the molecule is Cc1cc(Nc2nc3cccc(N4CCC[C@@H](O)C4)n3n2)ccn1. The molecule has 1 fully saturated rings. The van der Waals surface area contributed by atoms with Crippen molar-refractivity contribution in [1.29, 1.82) is 0 Å². The maximum atomic E-state index is 9.93. The lowest BCUT2D eigenvalue weighted by atomic mass is 10.1. The van der Waals surface area contributed by atoms with Crippen LogP contribution < -0.4 is 10.2 Å². The van der Waals surface area contributed by atoms with Crippen molar-refractivity contribution in [3.8, 4) is 0 Å². The van der Waals surface area contributed by atoms with Crippen molar-refractivity contribution in [2.24, 2.45) is 0 Å². The summed E-state index contributed by atoms with van der Waals surface area (Å²) in [5.41, 5.74) is 2.63. The number of rotatable bonds is 3. The first-order valence-corrected chi connectivity index (χ1v) is 8.17. The number of piperidine rings is 1. The van der Waals surface area contributed by atoms with Crippen molar-refractivity contribution >= 4 is 23.1 Å². The molecule has 0 amide bonds. The van der Waals surface area contributed by atoms with Gasteiger partial charge in [0.2, 0.25) is 5.95 Å². The predicted octanol–water partition coefficient (Wildman–Crippen LogP) is 2.14. The highest BCUT2D eigenvalue weighted by molar-refractivity contribution is 5.58. The van der Waals surface area contributed by atoms with Gasteiger partial charge in [0.15, 0.2) is 5.65 Å². The highest BCUT2D eigenvalue weighted by atomic mass is 16.3. The Hall–Kier alpha value is -2.67. The van der Waals surface area contributed by atoms with Crippen molar-refractivity contribution < 1.29 is 5.11 Å². The molecule has 4 heterocycles. The normalized spacial score (nSPS) is 18.1. The summed E-state index contributed by atoms with van der Waals surface area (Å²) < 4.78 is 1.83. The van der Waals surface area contributed by atoms with Crippen LogP contribution in [0.3, 0.4) is 0 Å². The zero-order chi connectivity index (χ0) is 16.5. The van der Waals surface area contributed by atoms with E-state index in [4.69, 9.17) is 0 Å². The van der Waals surface area contributed by atoms with E-state index in [1.807, 2.05) is 41.8 Å². The molecule has 1 saturated heterocycles. The minimum Gasteiger partial charge on any atom is -0.391 e. The monoisotopic (exact) mass is 324 g/mol. The van der Waals surface area contributed by atoms with Crippen LogP contribution in [0.25, 0.3) is 5.65 Å². The second-order valence-corrected chi connectivity index (χ2v) is 6.14. The van der Waals surface area contributed by atoms with E-state index in [1.54, 1.807) is 6.20 Å². The van der Waals surface area contributed by atoms with E-state index in [1.165, 1.54) is 0 Å². The summed E-state index contributed by atoms with van der Waals surface area (Å²) in [7, 11) is 0. The molecule has 4 rings (SSSR count). The Bertz CT molecular complexity index is 861. The number of nitrogens with zero attached hydrogens (tertiary/aromatic N) is 5. The number of aliphatic hydroxyl groups excluding tert-OH is 1. The molecule has 0 spiro atoms. The van der Waals surface area contributed by atoms with Crippen LogP contribution in [0.5, 0.6) is 0 Å². The van der Waals surface area contributed by atoms with Crippen LogP contribution >= 0.6 is 0 Å². The highest BCUT2D eigenvalue weighted by Crippen LogP contribution is 2.22. The van der Waals surface area contributed by atoms with Gasteiger partial charge < -0.3 is 15.3 Å². The molecule has 0 aromatic carbocycles. The Labute approximate surface area is 140 Å². The smallest absolute Gasteiger partial charge is 0.247 e. The Balaban J connectivity index is 1.66. The third-order valence-electron chi connectivity index (χ3n) is 4.21. The van der Waals surface area contributed by atoms with Gasteiger partial charge in [-0.2, -0.15) is 9.50 Å². The lowest BCUT2D eigenvalue weighted by Crippen LogP contribution is -2.39. The number of anilines is 3. The Kier molecular flexibility index (Phi) is 3.78. The van der Waals surface area contributed by atoms with E-state index in [0.29, 0.717) is 12.5 Å². The van der Waals surface area contributed by atoms with Gasteiger partial charge in [0.1, 0.15) is 5.82 Å². The first kappa shape index (κ1) is 14.9. The molecule has 0 aliphatic carbocycles. The summed E-state index contributed by atoms with van der Waals surface area (Å²) in [5, 5.41) is 17.7. The summed E-state index contributed by atoms with van der Waals surface area (Å²) in [6, 6.07) is 9.76. The molecule has 0 radical (unpaired) electrons. The lowest BCUT2D eigenvalue weighted by Gasteiger charge is -2.31. The van der Waals surface area contributed by atoms with Crippen LogP contribution in [0, 0.1) is 6.92 Å². The minimum absolute atomic E-state index is 0.282. The van der Waals surface area contributed by atoms with Gasteiger partial charge in [-0.05, 0) is 44.0 Å². The van der Waals surface area contributed by atoms with E-state index in [-0.39, 0.29) is 6.10 Å². The third kappa shape index (κ3) is 2.90. The minimum atomic E-state index is -0.282. The number of aryl methyl sites for hydroxylation is 1. The molecule has 1 atom stereocenters. The number of nitrogens with one attached hydrogen (secondary N) is 1. The number of aromatic nitrogens is 4. The summed E-state index contributed by atoms with van der Waals surface area (Å²) in [4.78, 5) is 10.9. The maximum absolute atomic E-state index is 9.93. The number of pyridine rings is 2. The van der Waals surface area contributed by atoms with Crippen LogP contribution in [0.15, 0.2) is 36.5 Å². The second-order valence-electron chi connectivity index (χ2n) is 6.14. The largest absolute Gasteiger partial charge is 0.391 e. The maximum Gasteiger partial charge on any atom is 0.247 e. The number of hydrogen-bond acceptors (Lipinski definition) is 6. The first-order valence-electron chi connectivity index (χ1n) is 8.17. The van der Waals surface area contributed by atoms with Crippen LogP contribution in [-0.2, 0) is 0 Å². The number of β-amino-alcohol motifs (C(OH)–C–C–N with tert-alkyl or cyclic N) is 1. The van der Waals surface area contributed by atoms with Crippen LogP contribution in [0.2, 0.25) is 0 Å². The molecule has 0 unspecified atom stereocenters. The number of fused-ring (bicyclic) bond motifs is 1. The van der Waals surface area contributed by atoms with Crippen LogP contribution in [0.4, 0.5) is 17.5 Å². The van der Waals surface area contributed by atoms with Gasteiger partial charge in [-0.3, -0.25) is 4.98 Å². The van der Waals surface area contributed by atoms with E-state index in [0.717, 1.165) is 42.2 Å². The molecule has 3 aromatic heterocycles. The van der Waals surface area contributed by atoms with Crippen molar-refractivity contribution in [3.05, 3.63) is 42.2 Å². The van der Waals surface area contributed by atoms with Gasteiger partial charge in [-0.25, -0.2) is 0 Å². The number of aliphatic hydroxyl groups is 1. The third-order valence-corrected chi connectivity index (χ3v) is 4.21. The van der Waals surface area contributed by atoms with E-state index in [9.17, 15) is 5.11 Å². The molecule has 1 aliphatic heterocycles. The van der Waals surface area contributed by atoms with Crippen molar-refractivity contribution in [2.45, 2.75) is 25.9 Å². The molecule has 24 heavy (non-hydrogen) atoms. The molecule has 0 bridgehead atoms. The molecule has 2 N–H and O–H groups in total. The molecule has 7 nitrogen and oxygen atoms in total. The summed E-state index contributed by atoms with van der Waals surface area (Å²) >= 11 is 0. The van der Waals surface area contributed by atoms with E-state index >= 15 is 0 Å². The molecule has 3 aromatic rings. The average Bonchev–Trinajstić information content (AvgIpc) is 2.97. The van der Waals surface area contributed by atoms with Crippen LogP contribution in [0.1, 0.15) is 18.5 Å². The first-order chi connectivity index (χ1) is 11.7. The van der Waals surface area contributed by atoms with E-state index in [2.05, 4.69) is 25.3 Å². The standard InChI is InChI=1S/C17H20N6O/c1-12-10-13(7-8-18-12)19-17-20-15-5-2-6-16(23(15)21-17)22-9-3-4-14(24)11-22/h2,5-8,10,14,24H,3-4,9,11H2,1H3,(H,18,19,21)/t14-/m1/s1. The molecular weight excluding hydrogens is 304 g/mol. The topological polar surface area (TPSA) is 78.6 Å². The summed E-state index contributed by atoms with van der Waals surface area (Å²) in [5.74, 6) is 1.50.